The molecule has 21 heavy (non-hydrogen) atoms. The third kappa shape index (κ3) is 4.74. The van der Waals surface area contributed by atoms with Crippen molar-refractivity contribution in [1.82, 2.24) is 5.32 Å². The highest BCUT2D eigenvalue weighted by molar-refractivity contribution is 7.91. The Labute approximate surface area is 125 Å². The van der Waals surface area contributed by atoms with E-state index >= 15 is 0 Å². The van der Waals surface area contributed by atoms with E-state index in [0.29, 0.717) is 17.9 Å². The minimum Gasteiger partial charge on any atom is -0.483 e. The molecule has 0 aliphatic carbocycles. The summed E-state index contributed by atoms with van der Waals surface area (Å²) in [6, 6.07) is 7.50. The first-order valence-corrected chi connectivity index (χ1v) is 8.94. The van der Waals surface area contributed by atoms with Gasteiger partial charge in [-0.2, -0.15) is 0 Å². The molecule has 1 heterocycles. The van der Waals surface area contributed by atoms with E-state index in [0.717, 1.165) is 18.4 Å². The Morgan fingerprint density at radius 3 is 2.86 bits per heavy atom. The Balaban J connectivity index is 2.04. The number of nitrogens with one attached hydrogen (secondary N) is 1. The molecule has 0 bridgehead atoms. The Bertz CT molecular complexity index is 597. The summed E-state index contributed by atoms with van der Waals surface area (Å²) in [5.74, 6) is 1.15. The van der Waals surface area contributed by atoms with Gasteiger partial charge >= 0.3 is 0 Å². The third-order valence-electron chi connectivity index (χ3n) is 3.68. The predicted molar refractivity (Wildman–Crippen MR) is 81.1 cm³/mol. The maximum atomic E-state index is 11.7. The molecule has 0 aromatic heterocycles. The molecule has 1 saturated heterocycles. The Hall–Kier alpha value is -1.56. The molecule has 6 heteroatoms. The zero-order valence-electron chi connectivity index (χ0n) is 12.2. The van der Waals surface area contributed by atoms with Gasteiger partial charge < -0.3 is 10.1 Å². The van der Waals surface area contributed by atoms with Gasteiger partial charge in [0.1, 0.15) is 5.75 Å². The Morgan fingerprint density at radius 2 is 2.14 bits per heavy atom. The first-order valence-electron chi connectivity index (χ1n) is 7.12. The number of likely N-dealkylation sites (N-methyl/N-ethyl adjacent to an activating group) is 1. The van der Waals surface area contributed by atoms with Crippen molar-refractivity contribution in [2.45, 2.75) is 19.3 Å². The van der Waals surface area contributed by atoms with Crippen molar-refractivity contribution in [3.8, 4) is 5.75 Å². The summed E-state index contributed by atoms with van der Waals surface area (Å²) in [5.41, 5.74) is 0.962. The van der Waals surface area contributed by atoms with Gasteiger partial charge in [-0.1, -0.05) is 18.2 Å². The van der Waals surface area contributed by atoms with Crippen LogP contribution in [0.3, 0.4) is 0 Å². The summed E-state index contributed by atoms with van der Waals surface area (Å²) < 4.78 is 28.9. The first kappa shape index (κ1) is 15.8. The fraction of sp³-hybridized carbons (Fsp3) is 0.533. The summed E-state index contributed by atoms with van der Waals surface area (Å²) in [6.07, 6.45) is 2.32. The Kier molecular flexibility index (Phi) is 5.22. The summed E-state index contributed by atoms with van der Waals surface area (Å²) in [4.78, 5) is 11.3. The highest BCUT2D eigenvalue weighted by Gasteiger charge is 2.25. The molecule has 1 amide bonds. The number of hydrogen-bond acceptors (Lipinski definition) is 4. The zero-order valence-corrected chi connectivity index (χ0v) is 13.0. The van der Waals surface area contributed by atoms with Crippen LogP contribution in [0, 0.1) is 5.92 Å². The van der Waals surface area contributed by atoms with Gasteiger partial charge in [0.15, 0.2) is 16.4 Å². The van der Waals surface area contributed by atoms with Crippen molar-refractivity contribution >= 4 is 15.7 Å². The maximum absolute atomic E-state index is 11.7. The molecule has 1 aliphatic heterocycles. The van der Waals surface area contributed by atoms with Crippen molar-refractivity contribution in [2.24, 2.45) is 5.92 Å². The molecule has 1 atom stereocenters. The van der Waals surface area contributed by atoms with Gasteiger partial charge in [-0.15, -0.1) is 0 Å². The smallest absolute Gasteiger partial charge is 0.257 e. The molecule has 116 valence electrons. The second kappa shape index (κ2) is 6.93. The molecule has 0 saturated carbocycles. The molecule has 1 fully saturated rings. The summed E-state index contributed by atoms with van der Waals surface area (Å²) in [5, 5.41) is 2.50. The number of hydrogen-bond donors (Lipinski definition) is 1. The van der Waals surface area contributed by atoms with E-state index in [2.05, 4.69) is 5.32 Å². The standard InChI is InChI=1S/C15H21NO4S/c1-16-15(17)10-20-14-7-3-2-6-13(14)9-12-5-4-8-21(18,19)11-12/h2-3,6-7,12H,4-5,8-11H2,1H3,(H,16,17). The fourth-order valence-corrected chi connectivity index (χ4v) is 4.39. The maximum Gasteiger partial charge on any atom is 0.257 e. The average molecular weight is 311 g/mol. The van der Waals surface area contributed by atoms with Crippen molar-refractivity contribution in [3.63, 3.8) is 0 Å². The van der Waals surface area contributed by atoms with Crippen LogP contribution in [0.25, 0.3) is 0 Å². The topological polar surface area (TPSA) is 72.5 Å². The van der Waals surface area contributed by atoms with Crippen LogP contribution in [0.2, 0.25) is 0 Å². The van der Waals surface area contributed by atoms with Crippen LogP contribution < -0.4 is 10.1 Å². The van der Waals surface area contributed by atoms with Crippen molar-refractivity contribution in [1.29, 1.82) is 0 Å². The molecule has 1 aliphatic rings. The van der Waals surface area contributed by atoms with E-state index in [9.17, 15) is 13.2 Å². The molecule has 0 spiro atoms. The van der Waals surface area contributed by atoms with Crippen LogP contribution in [-0.4, -0.2) is 39.5 Å². The molecular formula is C15H21NO4S. The lowest BCUT2D eigenvalue weighted by atomic mass is 9.96. The van der Waals surface area contributed by atoms with Crippen LogP contribution in [0.4, 0.5) is 0 Å². The first-order chi connectivity index (χ1) is 10.00. The molecule has 0 radical (unpaired) electrons. The lowest BCUT2D eigenvalue weighted by Gasteiger charge is -2.22. The second-order valence-corrected chi connectivity index (χ2v) is 7.63. The number of rotatable bonds is 5. The molecular weight excluding hydrogens is 290 g/mol. The van der Waals surface area contributed by atoms with Gasteiger partial charge in [0.05, 0.1) is 11.5 Å². The number of carbonyl (C=O) groups excluding carboxylic acids is 1. The highest BCUT2D eigenvalue weighted by Crippen LogP contribution is 2.27. The fourth-order valence-electron chi connectivity index (χ4n) is 2.62. The minimum absolute atomic E-state index is 0.0313. The largest absolute Gasteiger partial charge is 0.483 e. The van der Waals surface area contributed by atoms with Gasteiger partial charge in [0.2, 0.25) is 0 Å². The summed E-state index contributed by atoms with van der Waals surface area (Å²) in [7, 11) is -1.34. The van der Waals surface area contributed by atoms with Crippen LogP contribution >= 0.6 is 0 Å². The number of amides is 1. The van der Waals surface area contributed by atoms with Crippen molar-refractivity contribution in [2.75, 3.05) is 25.2 Å². The quantitative estimate of drug-likeness (QED) is 0.886. The van der Waals surface area contributed by atoms with Crippen molar-refractivity contribution in [3.05, 3.63) is 29.8 Å². The number of para-hydroxylation sites is 1. The van der Waals surface area contributed by atoms with Crippen LogP contribution in [0.5, 0.6) is 5.75 Å². The van der Waals surface area contributed by atoms with E-state index in [4.69, 9.17) is 4.74 Å². The number of carbonyl (C=O) groups is 1. The van der Waals surface area contributed by atoms with Crippen molar-refractivity contribution < 1.29 is 17.9 Å². The van der Waals surface area contributed by atoms with Crippen LogP contribution in [-0.2, 0) is 21.1 Å². The number of sulfone groups is 1. The molecule has 1 N–H and O–H groups in total. The lowest BCUT2D eigenvalue weighted by Crippen LogP contribution is -2.27. The molecule has 1 aromatic carbocycles. The minimum atomic E-state index is -2.90. The Morgan fingerprint density at radius 1 is 1.38 bits per heavy atom. The summed E-state index contributed by atoms with van der Waals surface area (Å²) in [6.45, 7) is -0.0313. The molecule has 5 nitrogen and oxygen atoms in total. The van der Waals surface area contributed by atoms with Crippen LogP contribution in [0.15, 0.2) is 24.3 Å². The van der Waals surface area contributed by atoms with Gasteiger partial charge in [-0.05, 0) is 36.8 Å². The number of ether oxygens (including phenoxy) is 1. The predicted octanol–water partition coefficient (Wildman–Crippen LogP) is 1.18. The van der Waals surface area contributed by atoms with E-state index in [-0.39, 0.29) is 24.2 Å². The third-order valence-corrected chi connectivity index (χ3v) is 5.57. The molecule has 1 unspecified atom stereocenters. The molecule has 1 aromatic rings. The second-order valence-electron chi connectivity index (χ2n) is 5.40. The molecule has 2 rings (SSSR count). The van der Waals surface area contributed by atoms with Gasteiger partial charge in [0.25, 0.3) is 5.91 Å². The highest BCUT2D eigenvalue weighted by atomic mass is 32.2. The average Bonchev–Trinajstić information content (AvgIpc) is 2.45. The normalized spacial score (nSPS) is 20.7. The van der Waals surface area contributed by atoms with E-state index in [1.807, 2.05) is 24.3 Å². The lowest BCUT2D eigenvalue weighted by molar-refractivity contribution is -0.122. The zero-order chi connectivity index (χ0) is 15.3. The van der Waals surface area contributed by atoms with E-state index < -0.39 is 9.84 Å². The monoisotopic (exact) mass is 311 g/mol. The number of benzene rings is 1. The van der Waals surface area contributed by atoms with E-state index in [1.54, 1.807) is 7.05 Å². The van der Waals surface area contributed by atoms with Gasteiger partial charge in [-0.3, -0.25) is 4.79 Å². The van der Waals surface area contributed by atoms with E-state index in [1.165, 1.54) is 0 Å². The van der Waals surface area contributed by atoms with Gasteiger partial charge in [-0.25, -0.2) is 8.42 Å². The van der Waals surface area contributed by atoms with Gasteiger partial charge in [0, 0.05) is 7.05 Å². The van der Waals surface area contributed by atoms with Crippen LogP contribution in [0.1, 0.15) is 18.4 Å². The summed E-state index contributed by atoms with van der Waals surface area (Å²) >= 11 is 0. The SMILES string of the molecule is CNC(=O)COc1ccccc1CC1CCCS(=O)(=O)C1.